The van der Waals surface area contributed by atoms with Gasteiger partial charge in [0.2, 0.25) is 0 Å². The SMILES string of the molecule is [2H]c1c([2H])c([2H])c(-n2c3c([2H])c([2H])c([2H])c([2H])c3c3c(-c4nc(-c5cccc(-c6ccc(-c7ccccc7)cc6)c5)nc(-c5c([2H])c([2H])c6sc7c([2H])c([2H])c([2H])c([2H])c7c6c5[2H])n4)c([2H])c([2H])c([2H])c32)c([2H])c1[2H]. The molecule has 56 heavy (non-hydrogen) atoms. The third-order valence-electron chi connectivity index (χ3n) is 9.34. The summed E-state index contributed by atoms with van der Waals surface area (Å²) in [6, 6.07) is 11.5. The van der Waals surface area contributed by atoms with Crippen LogP contribution in [-0.4, -0.2) is 19.5 Å². The molecule has 4 nitrogen and oxygen atoms in total. The molecule has 0 unspecified atom stereocenters. The highest BCUT2D eigenvalue weighted by atomic mass is 32.1. The fourth-order valence-corrected chi connectivity index (χ4v) is 7.71. The molecule has 3 heterocycles. The quantitative estimate of drug-likeness (QED) is 0.170. The molecule has 0 aliphatic rings. The predicted molar refractivity (Wildman–Crippen MR) is 234 cm³/mol. The Bertz CT molecular complexity index is 4320. The zero-order valence-corrected chi connectivity index (χ0v) is 29.5. The van der Waals surface area contributed by atoms with Crippen molar-refractivity contribution in [2.45, 2.75) is 0 Å². The van der Waals surface area contributed by atoms with E-state index >= 15 is 0 Å². The van der Waals surface area contributed by atoms with Crippen molar-refractivity contribution in [1.82, 2.24) is 19.5 Å². The summed E-state index contributed by atoms with van der Waals surface area (Å²) in [7, 11) is 0. The summed E-state index contributed by atoms with van der Waals surface area (Å²) in [5.41, 5.74) is 1.34. The van der Waals surface area contributed by atoms with E-state index in [0.717, 1.165) is 32.6 Å². The van der Waals surface area contributed by atoms with Gasteiger partial charge in [0.15, 0.2) is 17.5 Å². The lowest BCUT2D eigenvalue weighted by atomic mass is 9.99. The zero-order valence-electron chi connectivity index (χ0n) is 47.7. The van der Waals surface area contributed by atoms with Gasteiger partial charge in [0.25, 0.3) is 0 Å². The lowest BCUT2D eigenvalue weighted by Crippen LogP contribution is -2.01. The summed E-state index contributed by atoms with van der Waals surface area (Å²) in [4.78, 5) is 14.4. The molecule has 0 saturated carbocycles. The minimum absolute atomic E-state index is 0.0193. The summed E-state index contributed by atoms with van der Waals surface area (Å²) in [5.74, 6) is -1.11. The van der Waals surface area contributed by atoms with Crippen molar-refractivity contribution in [3.8, 4) is 62.1 Å². The Labute approximate surface area is 354 Å². The maximum absolute atomic E-state index is 9.70. The Morgan fingerprint density at radius 3 is 1.89 bits per heavy atom. The molecule has 0 fully saturated rings. The van der Waals surface area contributed by atoms with Crippen molar-refractivity contribution in [1.29, 1.82) is 0 Å². The van der Waals surface area contributed by atoms with Crippen LogP contribution in [0.4, 0.5) is 0 Å². The predicted octanol–water partition coefficient (Wildman–Crippen LogP) is 13.7. The second-order valence-corrected chi connectivity index (χ2v) is 13.6. The van der Waals surface area contributed by atoms with E-state index in [4.69, 9.17) is 30.0 Å². The average Bonchev–Trinajstić information content (AvgIpc) is 3.99. The van der Waals surface area contributed by atoms with Crippen LogP contribution in [0.3, 0.4) is 0 Å². The molecule has 5 heteroatoms. The van der Waals surface area contributed by atoms with E-state index in [1.54, 1.807) is 18.2 Å². The molecule has 0 amide bonds. The number of rotatable bonds is 6. The maximum Gasteiger partial charge on any atom is 0.164 e. The van der Waals surface area contributed by atoms with Gasteiger partial charge in [0.05, 0.1) is 37.1 Å². The Morgan fingerprint density at radius 1 is 0.429 bits per heavy atom. The average molecular weight is 752 g/mol. The van der Waals surface area contributed by atoms with E-state index in [1.807, 2.05) is 60.7 Å². The molecule has 0 N–H and O–H groups in total. The summed E-state index contributed by atoms with van der Waals surface area (Å²) in [6.45, 7) is 0. The van der Waals surface area contributed by atoms with Crippen molar-refractivity contribution in [3.63, 3.8) is 0 Å². The van der Waals surface area contributed by atoms with Crippen molar-refractivity contribution in [2.75, 3.05) is 0 Å². The molecule has 0 bridgehead atoms. The first-order valence-corrected chi connectivity index (χ1v) is 18.0. The topological polar surface area (TPSA) is 43.6 Å². The number of hydrogen-bond donors (Lipinski definition) is 0. The van der Waals surface area contributed by atoms with Gasteiger partial charge in [-0.2, -0.15) is 0 Å². The zero-order chi connectivity index (χ0) is 53.5. The Balaban J connectivity index is 1.28. The van der Waals surface area contributed by atoms with Crippen molar-refractivity contribution in [3.05, 3.63) is 194 Å². The van der Waals surface area contributed by atoms with Crippen molar-refractivity contribution < 1.29 is 26.0 Å². The second-order valence-electron chi connectivity index (χ2n) is 12.6. The normalized spacial score (nSPS) is 16.3. The van der Waals surface area contributed by atoms with E-state index < -0.39 is 154 Å². The van der Waals surface area contributed by atoms with Crippen molar-refractivity contribution >= 4 is 53.3 Å². The van der Waals surface area contributed by atoms with Crippen LogP contribution in [0.2, 0.25) is 0 Å². The summed E-state index contributed by atoms with van der Waals surface area (Å²) in [6.07, 6.45) is 0. The molecule has 11 rings (SSSR count). The molecule has 0 atom stereocenters. The minimum Gasteiger partial charge on any atom is -0.309 e. The lowest BCUT2D eigenvalue weighted by Gasteiger charge is -2.11. The maximum atomic E-state index is 9.70. The third kappa shape index (κ3) is 5.48. The van der Waals surface area contributed by atoms with E-state index in [9.17, 15) is 11.0 Å². The van der Waals surface area contributed by atoms with Crippen molar-refractivity contribution in [2.24, 2.45) is 0 Å². The molecule has 0 aliphatic carbocycles. The first-order valence-electron chi connectivity index (χ1n) is 26.7. The third-order valence-corrected chi connectivity index (χ3v) is 10.4. The van der Waals surface area contributed by atoms with Crippen LogP contribution < -0.4 is 0 Å². The van der Waals surface area contributed by atoms with E-state index in [-0.39, 0.29) is 36.8 Å². The fourth-order valence-electron chi connectivity index (χ4n) is 6.79. The second kappa shape index (κ2) is 13.3. The van der Waals surface area contributed by atoms with Crippen LogP contribution in [0.15, 0.2) is 194 Å². The fraction of sp³-hybridized carbons (Fsp3) is 0. The lowest BCUT2D eigenvalue weighted by molar-refractivity contribution is 1.08. The number of benzene rings is 8. The highest BCUT2D eigenvalue weighted by Gasteiger charge is 2.20. The van der Waals surface area contributed by atoms with Gasteiger partial charge in [-0.25, -0.2) is 15.0 Å². The summed E-state index contributed by atoms with van der Waals surface area (Å²) in [5, 5.41) is -0.897. The smallest absolute Gasteiger partial charge is 0.164 e. The Kier molecular flexibility index (Phi) is 4.36. The summed E-state index contributed by atoms with van der Waals surface area (Å²) >= 11 is 0.821. The Hall–Kier alpha value is -7.21. The monoisotopic (exact) mass is 751 g/mol. The number of para-hydroxylation sites is 2. The van der Waals surface area contributed by atoms with Crippen LogP contribution in [0.1, 0.15) is 26.0 Å². The van der Waals surface area contributed by atoms with Crippen LogP contribution >= 0.6 is 11.3 Å². The number of fused-ring (bicyclic) bond motifs is 6. The van der Waals surface area contributed by atoms with E-state index in [2.05, 4.69) is 0 Å². The molecule has 262 valence electrons. The standard InChI is InChI=1S/C51H32N4S/c1-3-13-33(14-4-1)34-25-27-35(28-26-34)36-15-11-16-37(31-36)49-52-50(38-29-30-47-43(32-38)40-19-8-10-24-46(40)56-47)54-51(53-49)42-21-12-23-45-48(42)41-20-7-9-22-44(41)55(45)39-17-5-2-6-18-39/h1-32H/i2D,5D,6D,7D,8D,9D,10D,12D,17D,18D,19D,20D,21D,22D,23D,24D,29D,30D,32D. The van der Waals surface area contributed by atoms with Crippen LogP contribution in [0.5, 0.6) is 0 Å². The molecular formula is C51H32N4S. The first kappa shape index (κ1) is 18.4. The minimum atomic E-state index is -0.815. The molecule has 0 aliphatic heterocycles. The number of nitrogens with zero attached hydrogens (tertiary/aromatic N) is 4. The molecule has 0 radical (unpaired) electrons. The number of thiophene rings is 1. The van der Waals surface area contributed by atoms with Gasteiger partial charge in [-0.05, 0) is 76.7 Å². The van der Waals surface area contributed by atoms with Gasteiger partial charge in [-0.1, -0.05) is 139 Å². The van der Waals surface area contributed by atoms with Crippen LogP contribution in [0.25, 0.3) is 104 Å². The molecular weight excluding hydrogens is 701 g/mol. The van der Waals surface area contributed by atoms with Gasteiger partial charge in [-0.3, -0.25) is 0 Å². The van der Waals surface area contributed by atoms with Gasteiger partial charge in [0.1, 0.15) is 0 Å². The van der Waals surface area contributed by atoms with Gasteiger partial charge in [0, 0.05) is 53.3 Å². The van der Waals surface area contributed by atoms with Gasteiger partial charge >= 0.3 is 0 Å². The Morgan fingerprint density at radius 2 is 1.05 bits per heavy atom. The highest BCUT2D eigenvalue weighted by Crippen LogP contribution is 2.40. The molecule has 8 aromatic carbocycles. The first-order chi connectivity index (χ1) is 35.7. The van der Waals surface area contributed by atoms with E-state index in [0.29, 0.717) is 11.1 Å². The van der Waals surface area contributed by atoms with Gasteiger partial charge < -0.3 is 4.57 Å². The molecule has 0 saturated heterocycles. The van der Waals surface area contributed by atoms with Gasteiger partial charge in [-0.15, -0.1) is 11.3 Å². The van der Waals surface area contributed by atoms with Crippen LogP contribution in [-0.2, 0) is 0 Å². The van der Waals surface area contributed by atoms with E-state index in [1.165, 1.54) is 0 Å². The molecule has 3 aromatic heterocycles. The highest BCUT2D eigenvalue weighted by molar-refractivity contribution is 7.25. The molecule has 11 aromatic rings. The number of aromatic nitrogens is 4. The summed E-state index contributed by atoms with van der Waals surface area (Å²) < 4.78 is 171. The van der Waals surface area contributed by atoms with Crippen LogP contribution in [0, 0.1) is 0 Å². The largest absolute Gasteiger partial charge is 0.309 e. The molecule has 0 spiro atoms. The number of hydrogen-bond acceptors (Lipinski definition) is 4.